The molecule has 1 aromatic carbocycles. The zero-order valence-electron chi connectivity index (χ0n) is 28.9. The van der Waals surface area contributed by atoms with Crippen molar-refractivity contribution in [3.63, 3.8) is 0 Å². The Labute approximate surface area is 273 Å². The minimum atomic E-state index is -0.00728. The molecule has 248 valence electrons. The number of aryl methyl sites for hydroxylation is 1. The number of benzene rings is 1. The van der Waals surface area contributed by atoms with E-state index in [0.717, 1.165) is 69.0 Å². The van der Waals surface area contributed by atoms with Crippen LogP contribution in [0.5, 0.6) is 0 Å². The largest absolute Gasteiger partial charge is 0.370 e. The van der Waals surface area contributed by atoms with E-state index >= 15 is 0 Å². The van der Waals surface area contributed by atoms with Gasteiger partial charge in [0.2, 0.25) is 5.91 Å². The van der Waals surface area contributed by atoms with Crippen LogP contribution in [0.15, 0.2) is 30.3 Å². The van der Waals surface area contributed by atoms with Crippen LogP contribution in [0.2, 0.25) is 0 Å². The number of likely N-dealkylation sites (tertiary alicyclic amines) is 1. The molecule has 6 aliphatic rings. The highest BCUT2D eigenvalue weighted by molar-refractivity contribution is 5.79. The first-order chi connectivity index (χ1) is 21.6. The van der Waals surface area contributed by atoms with Crippen LogP contribution in [0.3, 0.4) is 0 Å². The third-order valence-corrected chi connectivity index (χ3v) is 14.8. The van der Waals surface area contributed by atoms with E-state index < -0.39 is 0 Å². The first kappa shape index (κ1) is 31.9. The predicted octanol–water partition coefficient (Wildman–Crippen LogP) is 7.42. The van der Waals surface area contributed by atoms with Crippen LogP contribution in [-0.2, 0) is 20.7 Å². The average molecular weight is 617 g/mol. The Morgan fingerprint density at radius 1 is 1.02 bits per heavy atom. The van der Waals surface area contributed by atoms with Gasteiger partial charge in [-0.05, 0) is 110 Å². The van der Waals surface area contributed by atoms with Crippen LogP contribution in [0.25, 0.3) is 0 Å². The van der Waals surface area contributed by atoms with Crippen molar-refractivity contribution >= 4 is 11.7 Å². The molecule has 7 rings (SSSR count). The van der Waals surface area contributed by atoms with Crippen LogP contribution in [0, 0.1) is 52.8 Å². The van der Waals surface area contributed by atoms with Gasteiger partial charge >= 0.3 is 0 Å². The first-order valence-corrected chi connectivity index (χ1v) is 18.8. The topological polar surface area (TPSA) is 49.9 Å². The van der Waals surface area contributed by atoms with Gasteiger partial charge in [0.15, 0.2) is 0 Å². The molecule has 12 atom stereocenters. The number of likely N-dealkylation sites (N-methyl/N-ethyl adjacent to an activating group) is 1. The summed E-state index contributed by atoms with van der Waals surface area (Å²) in [6, 6.07) is 10.8. The average Bonchev–Trinajstić information content (AvgIpc) is 3.49. The minimum Gasteiger partial charge on any atom is -0.370 e. The van der Waals surface area contributed by atoms with Crippen LogP contribution < -0.4 is 0 Å². The maximum absolute atomic E-state index is 13.0. The summed E-state index contributed by atoms with van der Waals surface area (Å²) < 4.78 is 7.36. The molecule has 45 heavy (non-hydrogen) atoms. The number of Topliss-reactive ketones (excluding diaryl/α,β-unsaturated/α-hetero) is 1. The summed E-state index contributed by atoms with van der Waals surface area (Å²) in [5, 5.41) is 0. The zero-order valence-corrected chi connectivity index (χ0v) is 28.9. The van der Waals surface area contributed by atoms with E-state index in [0.29, 0.717) is 53.4 Å². The van der Waals surface area contributed by atoms with E-state index in [4.69, 9.17) is 4.74 Å². The Morgan fingerprint density at radius 2 is 1.82 bits per heavy atom. The summed E-state index contributed by atoms with van der Waals surface area (Å²) in [6.45, 7) is 12.9. The summed E-state index contributed by atoms with van der Waals surface area (Å²) in [4.78, 5) is 30.1. The predicted molar refractivity (Wildman–Crippen MR) is 180 cm³/mol. The van der Waals surface area contributed by atoms with Gasteiger partial charge in [-0.3, -0.25) is 14.5 Å². The molecule has 0 aromatic heterocycles. The van der Waals surface area contributed by atoms with Crippen LogP contribution >= 0.6 is 0 Å². The number of ether oxygens (including phenoxy) is 1. The fourth-order valence-corrected chi connectivity index (χ4v) is 12.4. The molecule has 0 radical (unpaired) electrons. The van der Waals surface area contributed by atoms with E-state index in [1.54, 1.807) is 0 Å². The Morgan fingerprint density at radius 3 is 2.62 bits per heavy atom. The second kappa shape index (κ2) is 12.4. The van der Waals surface area contributed by atoms with Gasteiger partial charge in [-0.1, -0.05) is 58.0 Å². The van der Waals surface area contributed by atoms with Crippen molar-refractivity contribution in [2.45, 2.75) is 122 Å². The number of hydrogen-bond donors (Lipinski definition) is 0. The number of nitrogens with zero attached hydrogens (tertiary/aromatic N) is 2. The third-order valence-electron chi connectivity index (χ3n) is 14.8. The summed E-state index contributed by atoms with van der Waals surface area (Å²) in [7, 11) is 1.99. The Kier molecular flexibility index (Phi) is 8.77. The zero-order chi connectivity index (χ0) is 31.5. The van der Waals surface area contributed by atoms with Crippen LogP contribution in [0.4, 0.5) is 0 Å². The number of amides is 1. The van der Waals surface area contributed by atoms with Gasteiger partial charge in [-0.25, -0.2) is 0 Å². The maximum atomic E-state index is 13.0. The van der Waals surface area contributed by atoms with E-state index in [-0.39, 0.29) is 11.5 Å². The molecule has 2 heterocycles. The summed E-state index contributed by atoms with van der Waals surface area (Å²) in [6.07, 6.45) is 13.5. The monoisotopic (exact) mass is 616 g/mol. The standard InChI is InChI=1S/C40H60N2O3/c1-26-21-36-38(42(25-26)20-19-41(5)37(44)14-11-29-9-7-6-8-10-29)28(3)40(45-36)18-16-32-33-13-12-30-22-31(43)15-17-39(30,4)35(33)23-34(32)27(2)24-40/h6-10,26-28,30,32-36,38H,11-25H2,1-5H3/t26-,27?,28+,30+,32?,33-,34?,35?,36+,38?,39-,40-/m0/s1. The SMILES string of the molecule is CC1C[C@]2(CCC3C1CC1[C@H]3CC[C@@H]3CC(=O)CC[C@]13C)O[C@@H]1C[C@H](C)CN(CCN(C)C(=O)CCc3ccccc3)C1[C@H]2C. The minimum absolute atomic E-state index is 0.00728. The van der Waals surface area contributed by atoms with Gasteiger partial charge in [-0.2, -0.15) is 0 Å². The highest BCUT2D eigenvalue weighted by Crippen LogP contribution is 2.66. The van der Waals surface area contributed by atoms with E-state index in [1.165, 1.54) is 50.5 Å². The number of carbonyl (C=O) groups is 2. The number of carbonyl (C=O) groups excluding carboxylic acids is 2. The number of piperidine rings is 1. The molecule has 5 nitrogen and oxygen atoms in total. The number of fused-ring (bicyclic) bond motifs is 6. The van der Waals surface area contributed by atoms with E-state index in [9.17, 15) is 9.59 Å². The Balaban J connectivity index is 1.01. The molecular weight excluding hydrogens is 556 g/mol. The lowest BCUT2D eigenvalue weighted by molar-refractivity contribution is -0.131. The Bertz CT molecular complexity index is 1240. The molecule has 0 N–H and O–H groups in total. The smallest absolute Gasteiger partial charge is 0.222 e. The van der Waals surface area contributed by atoms with Crippen molar-refractivity contribution in [3.8, 4) is 0 Å². The number of rotatable bonds is 6. The van der Waals surface area contributed by atoms with Crippen molar-refractivity contribution in [2.24, 2.45) is 52.8 Å². The number of hydrogen-bond acceptors (Lipinski definition) is 4. The normalized spacial score (nSPS) is 44.5. The molecule has 6 fully saturated rings. The molecule has 2 saturated heterocycles. The molecule has 5 heteroatoms. The number of ketones is 1. The summed E-state index contributed by atoms with van der Waals surface area (Å²) >= 11 is 0. The van der Waals surface area contributed by atoms with E-state index in [1.807, 2.05) is 18.0 Å². The van der Waals surface area contributed by atoms with Crippen molar-refractivity contribution < 1.29 is 14.3 Å². The fraction of sp³-hybridized carbons (Fsp3) is 0.800. The van der Waals surface area contributed by atoms with Gasteiger partial charge < -0.3 is 9.64 Å². The molecule has 4 saturated carbocycles. The summed E-state index contributed by atoms with van der Waals surface area (Å²) in [5.74, 6) is 6.57. The quantitative estimate of drug-likeness (QED) is 0.334. The molecule has 2 aliphatic heterocycles. The highest BCUT2D eigenvalue weighted by Gasteiger charge is 2.62. The molecule has 1 amide bonds. The highest BCUT2D eigenvalue weighted by atomic mass is 16.5. The molecule has 1 spiro atoms. The lowest BCUT2D eigenvalue weighted by atomic mass is 9.52. The van der Waals surface area contributed by atoms with Gasteiger partial charge in [0.1, 0.15) is 5.78 Å². The first-order valence-electron chi connectivity index (χ1n) is 18.8. The maximum Gasteiger partial charge on any atom is 0.222 e. The molecule has 0 bridgehead atoms. The van der Waals surface area contributed by atoms with Gasteiger partial charge in [0, 0.05) is 57.9 Å². The van der Waals surface area contributed by atoms with Gasteiger partial charge in [0.25, 0.3) is 0 Å². The van der Waals surface area contributed by atoms with Crippen molar-refractivity contribution in [3.05, 3.63) is 35.9 Å². The van der Waals surface area contributed by atoms with E-state index in [2.05, 4.69) is 56.9 Å². The van der Waals surface area contributed by atoms with Crippen molar-refractivity contribution in [1.29, 1.82) is 0 Å². The Hall–Kier alpha value is -1.72. The summed E-state index contributed by atoms with van der Waals surface area (Å²) in [5.41, 5.74) is 1.62. The lowest BCUT2D eigenvalue weighted by Gasteiger charge is -2.52. The van der Waals surface area contributed by atoms with Gasteiger partial charge in [-0.15, -0.1) is 0 Å². The van der Waals surface area contributed by atoms with Crippen molar-refractivity contribution in [1.82, 2.24) is 9.80 Å². The van der Waals surface area contributed by atoms with Crippen LogP contribution in [0.1, 0.15) is 104 Å². The third kappa shape index (κ3) is 5.74. The second-order valence-corrected chi connectivity index (χ2v) is 17.2. The van der Waals surface area contributed by atoms with Crippen LogP contribution in [-0.4, -0.2) is 65.9 Å². The lowest BCUT2D eigenvalue weighted by Crippen LogP contribution is -2.53. The van der Waals surface area contributed by atoms with Gasteiger partial charge in [0.05, 0.1) is 11.7 Å². The second-order valence-electron chi connectivity index (χ2n) is 17.2. The molecule has 1 aromatic rings. The molecule has 4 aliphatic carbocycles. The van der Waals surface area contributed by atoms with Crippen molar-refractivity contribution in [2.75, 3.05) is 26.7 Å². The molecule has 5 unspecified atom stereocenters. The molecular formula is C40H60N2O3. The fourth-order valence-electron chi connectivity index (χ4n) is 12.4.